The van der Waals surface area contributed by atoms with Gasteiger partial charge in [0.2, 0.25) is 0 Å². The van der Waals surface area contributed by atoms with Gasteiger partial charge in [-0.15, -0.1) is 11.3 Å². The molecule has 0 spiro atoms. The van der Waals surface area contributed by atoms with Crippen LogP contribution in [0.3, 0.4) is 0 Å². The van der Waals surface area contributed by atoms with E-state index in [2.05, 4.69) is 10.3 Å². The minimum atomic E-state index is -0.474. The number of methoxy groups -OCH3 is 2. The van der Waals surface area contributed by atoms with Gasteiger partial charge >= 0.3 is 5.97 Å². The molecule has 0 radical (unpaired) electrons. The summed E-state index contributed by atoms with van der Waals surface area (Å²) in [5.41, 5.74) is 7.24. The molecule has 0 fully saturated rings. The van der Waals surface area contributed by atoms with Crippen LogP contribution in [0.25, 0.3) is 0 Å². The molecule has 3 N–H and O–H groups in total. The average molecular weight is 307 g/mol. The van der Waals surface area contributed by atoms with Crippen LogP contribution in [0.5, 0.6) is 5.75 Å². The number of ether oxygens (including phenoxy) is 2. The van der Waals surface area contributed by atoms with Gasteiger partial charge in [0.25, 0.3) is 0 Å². The lowest BCUT2D eigenvalue weighted by Crippen LogP contribution is -2.06. The van der Waals surface area contributed by atoms with Gasteiger partial charge in [-0.25, -0.2) is 4.79 Å². The fourth-order valence-corrected chi connectivity index (χ4v) is 2.98. The second-order valence-electron chi connectivity index (χ2n) is 4.35. The summed E-state index contributed by atoms with van der Waals surface area (Å²) >= 11 is 1.21. The molecule has 0 saturated heterocycles. The fourth-order valence-electron chi connectivity index (χ4n) is 1.88. The first kappa shape index (κ1) is 15.1. The third kappa shape index (κ3) is 3.08. The normalized spacial score (nSPS) is 11.8. The van der Waals surface area contributed by atoms with E-state index in [1.165, 1.54) is 25.6 Å². The Bertz CT molecular complexity index is 628. The maximum Gasteiger partial charge on any atom is 0.350 e. The Kier molecular flexibility index (Phi) is 4.64. The number of esters is 1. The number of rotatable bonds is 5. The monoisotopic (exact) mass is 307 g/mol. The van der Waals surface area contributed by atoms with E-state index in [4.69, 9.17) is 15.2 Å². The van der Waals surface area contributed by atoms with E-state index in [1.807, 2.05) is 19.1 Å². The molecule has 2 heterocycles. The van der Waals surface area contributed by atoms with Crippen molar-refractivity contribution in [1.82, 2.24) is 4.98 Å². The number of thiophene rings is 1. The number of nitrogens with zero attached hydrogens (tertiary/aromatic N) is 1. The molecule has 2 aromatic rings. The van der Waals surface area contributed by atoms with Gasteiger partial charge in [-0.3, -0.25) is 4.98 Å². The van der Waals surface area contributed by atoms with Crippen molar-refractivity contribution in [2.75, 3.05) is 25.3 Å². The van der Waals surface area contributed by atoms with Gasteiger partial charge in [-0.1, -0.05) is 6.07 Å². The summed E-state index contributed by atoms with van der Waals surface area (Å²) in [5, 5.41) is 3.97. The smallest absolute Gasteiger partial charge is 0.350 e. The Morgan fingerprint density at radius 1 is 1.48 bits per heavy atom. The van der Waals surface area contributed by atoms with Gasteiger partial charge in [-0.2, -0.15) is 0 Å². The quantitative estimate of drug-likeness (QED) is 0.826. The van der Waals surface area contributed by atoms with Crippen LogP contribution in [-0.2, 0) is 4.74 Å². The number of hydrogen-bond acceptors (Lipinski definition) is 7. The third-order valence-electron chi connectivity index (χ3n) is 3.01. The van der Waals surface area contributed by atoms with Crippen LogP contribution in [0.15, 0.2) is 24.5 Å². The highest BCUT2D eigenvalue weighted by Gasteiger charge is 2.23. The Balaban J connectivity index is 2.29. The van der Waals surface area contributed by atoms with Crippen LogP contribution in [-0.4, -0.2) is 25.2 Å². The van der Waals surface area contributed by atoms with Gasteiger partial charge in [0, 0.05) is 12.4 Å². The van der Waals surface area contributed by atoms with Crippen molar-refractivity contribution in [3.05, 3.63) is 35.0 Å². The maximum atomic E-state index is 11.7. The van der Waals surface area contributed by atoms with Crippen molar-refractivity contribution in [2.45, 2.75) is 13.0 Å². The molecular weight excluding hydrogens is 290 g/mol. The van der Waals surface area contributed by atoms with Crippen molar-refractivity contribution >= 4 is 28.0 Å². The molecule has 2 rings (SSSR count). The highest BCUT2D eigenvalue weighted by Crippen LogP contribution is 2.44. The van der Waals surface area contributed by atoms with E-state index in [-0.39, 0.29) is 11.7 Å². The van der Waals surface area contributed by atoms with Crippen molar-refractivity contribution < 1.29 is 14.3 Å². The van der Waals surface area contributed by atoms with E-state index >= 15 is 0 Å². The van der Waals surface area contributed by atoms with Gasteiger partial charge in [-0.05, 0) is 18.6 Å². The minimum absolute atomic E-state index is 0.00357. The lowest BCUT2D eigenvalue weighted by atomic mass is 10.1. The van der Waals surface area contributed by atoms with Crippen molar-refractivity contribution in [1.29, 1.82) is 0 Å². The predicted octanol–water partition coefficient (Wildman–Crippen LogP) is 2.69. The first-order chi connectivity index (χ1) is 10.1. The first-order valence-corrected chi connectivity index (χ1v) is 7.11. The molecule has 2 aromatic heterocycles. The minimum Gasteiger partial charge on any atom is -0.492 e. The third-order valence-corrected chi connectivity index (χ3v) is 4.10. The van der Waals surface area contributed by atoms with Gasteiger partial charge in [0.05, 0.1) is 20.3 Å². The second kappa shape index (κ2) is 6.45. The van der Waals surface area contributed by atoms with E-state index in [1.54, 1.807) is 12.4 Å². The largest absolute Gasteiger partial charge is 0.492 e. The highest BCUT2D eigenvalue weighted by molar-refractivity contribution is 7.19. The molecule has 0 aliphatic heterocycles. The zero-order valence-corrected chi connectivity index (χ0v) is 12.9. The number of hydrogen-bond donors (Lipinski definition) is 2. The summed E-state index contributed by atoms with van der Waals surface area (Å²) in [6.45, 7) is 1.99. The van der Waals surface area contributed by atoms with Crippen molar-refractivity contribution in [3.8, 4) is 5.75 Å². The molecule has 0 amide bonds. The van der Waals surface area contributed by atoms with Crippen LogP contribution < -0.4 is 15.8 Å². The number of pyridine rings is 1. The van der Waals surface area contributed by atoms with Gasteiger partial charge in [0.15, 0.2) is 5.75 Å². The molecule has 0 aliphatic carbocycles. The number of nitrogen functional groups attached to an aromatic ring is 1. The van der Waals surface area contributed by atoms with Crippen LogP contribution in [0.1, 0.15) is 28.2 Å². The molecule has 7 heteroatoms. The molecule has 6 nitrogen and oxygen atoms in total. The van der Waals surface area contributed by atoms with Crippen LogP contribution in [0.4, 0.5) is 10.7 Å². The SMILES string of the molecule is COC(=O)c1sc(NC(C)c2cccnc2)c(OC)c1N. The van der Waals surface area contributed by atoms with Crippen LogP contribution in [0, 0.1) is 0 Å². The summed E-state index contributed by atoms with van der Waals surface area (Å²) in [6, 6.07) is 3.83. The number of carbonyl (C=O) groups excluding carboxylic acids is 1. The molecule has 1 unspecified atom stereocenters. The summed E-state index contributed by atoms with van der Waals surface area (Å²) in [7, 11) is 2.83. The lowest BCUT2D eigenvalue weighted by Gasteiger charge is -2.14. The van der Waals surface area contributed by atoms with E-state index in [0.29, 0.717) is 15.6 Å². The predicted molar refractivity (Wildman–Crippen MR) is 82.9 cm³/mol. The fraction of sp³-hybridized carbons (Fsp3) is 0.286. The molecule has 112 valence electrons. The second-order valence-corrected chi connectivity index (χ2v) is 5.37. The first-order valence-electron chi connectivity index (χ1n) is 6.29. The standard InChI is InChI=1S/C14H17N3O3S/c1-8(9-5-4-6-16-7-9)17-13-11(19-2)10(15)12(21-13)14(18)20-3/h4-8,17H,15H2,1-3H3. The molecule has 0 saturated carbocycles. The molecular formula is C14H17N3O3S. The average Bonchev–Trinajstić information content (AvgIpc) is 2.83. The summed E-state index contributed by atoms with van der Waals surface area (Å²) in [6.07, 6.45) is 3.50. The lowest BCUT2D eigenvalue weighted by molar-refractivity contribution is 0.0607. The molecule has 21 heavy (non-hydrogen) atoms. The maximum absolute atomic E-state index is 11.7. The zero-order valence-electron chi connectivity index (χ0n) is 12.0. The van der Waals surface area contributed by atoms with Gasteiger partial charge in [0.1, 0.15) is 15.6 Å². The topological polar surface area (TPSA) is 86.5 Å². The summed E-state index contributed by atoms with van der Waals surface area (Å²) in [4.78, 5) is 16.1. The summed E-state index contributed by atoms with van der Waals surface area (Å²) < 4.78 is 10.0. The molecule has 0 bridgehead atoms. The zero-order chi connectivity index (χ0) is 15.4. The number of nitrogens with one attached hydrogen (secondary N) is 1. The number of nitrogens with two attached hydrogens (primary N) is 1. The van der Waals surface area contributed by atoms with E-state index < -0.39 is 5.97 Å². The van der Waals surface area contributed by atoms with E-state index in [9.17, 15) is 4.79 Å². The highest BCUT2D eigenvalue weighted by atomic mass is 32.1. The molecule has 0 aromatic carbocycles. The Hall–Kier alpha value is -2.28. The Morgan fingerprint density at radius 3 is 2.81 bits per heavy atom. The summed E-state index contributed by atoms with van der Waals surface area (Å²) in [5.74, 6) is -0.0194. The van der Waals surface area contributed by atoms with Crippen LogP contribution >= 0.6 is 11.3 Å². The molecule has 0 aliphatic rings. The van der Waals surface area contributed by atoms with Gasteiger partial charge < -0.3 is 20.5 Å². The number of aromatic nitrogens is 1. The van der Waals surface area contributed by atoms with Crippen LogP contribution in [0.2, 0.25) is 0 Å². The van der Waals surface area contributed by atoms with Crippen molar-refractivity contribution in [3.63, 3.8) is 0 Å². The number of anilines is 2. The number of carbonyl (C=O) groups is 1. The van der Waals surface area contributed by atoms with Crippen molar-refractivity contribution in [2.24, 2.45) is 0 Å². The molecule has 1 atom stereocenters. The van der Waals surface area contributed by atoms with E-state index in [0.717, 1.165) is 5.56 Å². The Morgan fingerprint density at radius 2 is 2.24 bits per heavy atom. The Labute approximate surface area is 126 Å².